The summed E-state index contributed by atoms with van der Waals surface area (Å²) in [6, 6.07) is 0. The smallest absolute Gasteiger partial charge is 0.302 e. The number of ether oxygens (including phenoxy) is 1. The Kier molecular flexibility index (Phi) is 13.6. The molecule has 0 aliphatic rings. The Balaban J connectivity index is 3.73. The number of rotatable bonds is 13. The zero-order chi connectivity index (χ0) is 16.6. The van der Waals surface area contributed by atoms with E-state index in [1.165, 1.54) is 6.92 Å². The molecule has 0 aromatic rings. The molecule has 126 valence electrons. The van der Waals surface area contributed by atoms with Crippen LogP contribution in [-0.4, -0.2) is 17.9 Å². The first-order chi connectivity index (χ1) is 10.6. The fraction of sp³-hybridized carbons (Fsp3) is 0.684. The van der Waals surface area contributed by atoms with Crippen LogP contribution in [0.4, 0.5) is 0 Å². The number of hydrogen-bond acceptors (Lipinski definition) is 3. The predicted octanol–water partition coefficient (Wildman–Crippen LogP) is 5.15. The molecule has 0 aliphatic heterocycles. The van der Waals surface area contributed by atoms with Gasteiger partial charge >= 0.3 is 5.97 Å². The molecule has 1 atom stereocenters. The maximum Gasteiger partial charge on any atom is 0.302 e. The lowest BCUT2D eigenvalue weighted by Gasteiger charge is -2.16. The fourth-order valence-electron chi connectivity index (χ4n) is 2.21. The van der Waals surface area contributed by atoms with Crippen LogP contribution in [0.2, 0.25) is 0 Å². The predicted molar refractivity (Wildman–Crippen MR) is 91.7 cm³/mol. The molecule has 0 bridgehead atoms. The third-order valence-corrected chi connectivity index (χ3v) is 3.39. The van der Waals surface area contributed by atoms with Crippen molar-refractivity contribution < 1.29 is 14.3 Å². The van der Waals surface area contributed by atoms with E-state index in [0.29, 0.717) is 6.42 Å². The molecule has 0 heterocycles. The van der Waals surface area contributed by atoms with E-state index in [9.17, 15) is 9.59 Å². The Morgan fingerprint density at radius 1 is 0.955 bits per heavy atom. The molecule has 0 radical (unpaired) electrons. The van der Waals surface area contributed by atoms with Crippen molar-refractivity contribution in [3.05, 3.63) is 24.3 Å². The SMILES string of the molecule is CCCCC(CCCC=CC=CCCCC(C)=O)OC(C)=O. The summed E-state index contributed by atoms with van der Waals surface area (Å²) in [6.07, 6.45) is 17.2. The van der Waals surface area contributed by atoms with Gasteiger partial charge in [0.2, 0.25) is 0 Å². The average Bonchev–Trinajstić information content (AvgIpc) is 2.45. The lowest BCUT2D eigenvalue weighted by atomic mass is 10.1. The standard InChI is InChI=1S/C19H32O3/c1-4-5-15-19(22-18(3)21)16-13-11-9-7-6-8-10-12-14-17(2)20/h6-9,19H,4-5,10-16H2,1-3H3. The van der Waals surface area contributed by atoms with Crippen LogP contribution in [0.15, 0.2) is 24.3 Å². The lowest BCUT2D eigenvalue weighted by Crippen LogP contribution is -2.16. The Bertz CT molecular complexity index is 356. The monoisotopic (exact) mass is 308 g/mol. The molecule has 0 fully saturated rings. The van der Waals surface area contributed by atoms with Crippen molar-refractivity contribution in [3.8, 4) is 0 Å². The first-order valence-electron chi connectivity index (χ1n) is 8.54. The first-order valence-corrected chi connectivity index (χ1v) is 8.54. The number of unbranched alkanes of at least 4 members (excludes halogenated alkanes) is 3. The largest absolute Gasteiger partial charge is 0.463 e. The van der Waals surface area contributed by atoms with Crippen LogP contribution >= 0.6 is 0 Å². The Hall–Kier alpha value is -1.38. The minimum Gasteiger partial charge on any atom is -0.463 e. The van der Waals surface area contributed by atoms with Crippen LogP contribution in [-0.2, 0) is 14.3 Å². The number of ketones is 1. The number of Topliss-reactive ketones (excluding diaryl/α,β-unsaturated/α-hetero) is 1. The topological polar surface area (TPSA) is 43.4 Å². The molecular weight excluding hydrogens is 276 g/mol. The summed E-state index contributed by atoms with van der Waals surface area (Å²) in [7, 11) is 0. The molecule has 0 N–H and O–H groups in total. The van der Waals surface area contributed by atoms with Gasteiger partial charge in [0.05, 0.1) is 0 Å². The van der Waals surface area contributed by atoms with E-state index < -0.39 is 0 Å². The van der Waals surface area contributed by atoms with Crippen molar-refractivity contribution in [1.82, 2.24) is 0 Å². The van der Waals surface area contributed by atoms with Crippen LogP contribution in [0.5, 0.6) is 0 Å². The maximum atomic E-state index is 11.1. The average molecular weight is 308 g/mol. The third-order valence-electron chi connectivity index (χ3n) is 3.39. The van der Waals surface area contributed by atoms with E-state index in [4.69, 9.17) is 4.74 Å². The van der Waals surface area contributed by atoms with Crippen LogP contribution in [0.3, 0.4) is 0 Å². The van der Waals surface area contributed by atoms with Gasteiger partial charge in [-0.05, 0) is 45.4 Å². The minimum atomic E-state index is -0.176. The molecule has 22 heavy (non-hydrogen) atoms. The number of carbonyl (C=O) groups is 2. The van der Waals surface area contributed by atoms with Gasteiger partial charge < -0.3 is 9.53 Å². The molecule has 0 saturated carbocycles. The number of esters is 1. The lowest BCUT2D eigenvalue weighted by molar-refractivity contribution is -0.147. The molecule has 0 rings (SSSR count). The fourth-order valence-corrected chi connectivity index (χ4v) is 2.21. The number of hydrogen-bond donors (Lipinski definition) is 0. The van der Waals surface area contributed by atoms with Crippen molar-refractivity contribution in [1.29, 1.82) is 0 Å². The second-order valence-electron chi connectivity index (χ2n) is 5.76. The highest BCUT2D eigenvalue weighted by molar-refractivity contribution is 5.75. The van der Waals surface area contributed by atoms with Crippen molar-refractivity contribution >= 4 is 11.8 Å². The third kappa shape index (κ3) is 15.0. The van der Waals surface area contributed by atoms with Gasteiger partial charge in [0.1, 0.15) is 11.9 Å². The summed E-state index contributed by atoms with van der Waals surface area (Å²) >= 11 is 0. The second-order valence-corrected chi connectivity index (χ2v) is 5.76. The van der Waals surface area contributed by atoms with Crippen molar-refractivity contribution in [2.75, 3.05) is 0 Å². The summed E-state index contributed by atoms with van der Waals surface area (Å²) in [6.45, 7) is 5.26. The number of carbonyl (C=O) groups excluding carboxylic acids is 2. The molecule has 0 amide bonds. The van der Waals surface area contributed by atoms with Crippen LogP contribution in [0, 0.1) is 0 Å². The maximum absolute atomic E-state index is 11.1. The van der Waals surface area contributed by atoms with E-state index in [0.717, 1.165) is 51.4 Å². The van der Waals surface area contributed by atoms with Gasteiger partial charge in [0.15, 0.2) is 0 Å². The van der Waals surface area contributed by atoms with Gasteiger partial charge in [-0.25, -0.2) is 0 Å². The zero-order valence-corrected chi connectivity index (χ0v) is 14.5. The van der Waals surface area contributed by atoms with E-state index in [1.54, 1.807) is 6.92 Å². The highest BCUT2D eigenvalue weighted by Gasteiger charge is 2.10. The summed E-state index contributed by atoms with van der Waals surface area (Å²) < 4.78 is 5.34. The summed E-state index contributed by atoms with van der Waals surface area (Å²) in [5, 5.41) is 0. The van der Waals surface area contributed by atoms with Gasteiger partial charge in [-0.2, -0.15) is 0 Å². The van der Waals surface area contributed by atoms with E-state index >= 15 is 0 Å². The van der Waals surface area contributed by atoms with Gasteiger partial charge in [0, 0.05) is 13.3 Å². The van der Waals surface area contributed by atoms with Gasteiger partial charge in [-0.1, -0.05) is 44.1 Å². The highest BCUT2D eigenvalue weighted by Crippen LogP contribution is 2.13. The molecule has 0 aliphatic carbocycles. The highest BCUT2D eigenvalue weighted by atomic mass is 16.5. The van der Waals surface area contributed by atoms with Crippen LogP contribution in [0.1, 0.15) is 78.6 Å². The minimum absolute atomic E-state index is 0.0768. The normalized spacial score (nSPS) is 12.9. The summed E-state index contributed by atoms with van der Waals surface area (Å²) in [5.74, 6) is 0.0829. The van der Waals surface area contributed by atoms with Gasteiger partial charge in [-0.3, -0.25) is 4.79 Å². The Labute approximate surface area is 135 Å². The molecular formula is C19H32O3. The molecule has 1 unspecified atom stereocenters. The molecule has 3 heteroatoms. The summed E-state index contributed by atoms with van der Waals surface area (Å²) in [5.41, 5.74) is 0. The number of allylic oxidation sites excluding steroid dienone is 4. The molecule has 0 spiro atoms. The summed E-state index contributed by atoms with van der Waals surface area (Å²) in [4.78, 5) is 21.8. The van der Waals surface area contributed by atoms with E-state index in [2.05, 4.69) is 25.2 Å². The zero-order valence-electron chi connectivity index (χ0n) is 14.5. The van der Waals surface area contributed by atoms with E-state index in [1.807, 2.05) is 6.08 Å². The van der Waals surface area contributed by atoms with Crippen LogP contribution < -0.4 is 0 Å². The van der Waals surface area contributed by atoms with Crippen molar-refractivity contribution in [2.45, 2.75) is 84.7 Å². The quantitative estimate of drug-likeness (QED) is 0.268. The van der Waals surface area contributed by atoms with Crippen molar-refractivity contribution in [2.24, 2.45) is 0 Å². The Morgan fingerprint density at radius 3 is 2.09 bits per heavy atom. The van der Waals surface area contributed by atoms with Crippen LogP contribution in [0.25, 0.3) is 0 Å². The Morgan fingerprint density at radius 2 is 1.55 bits per heavy atom. The van der Waals surface area contributed by atoms with Gasteiger partial charge in [-0.15, -0.1) is 0 Å². The molecule has 0 saturated heterocycles. The second kappa shape index (κ2) is 14.6. The molecule has 0 aromatic carbocycles. The van der Waals surface area contributed by atoms with E-state index in [-0.39, 0.29) is 17.9 Å². The molecule has 0 aromatic heterocycles. The van der Waals surface area contributed by atoms with Gasteiger partial charge in [0.25, 0.3) is 0 Å². The van der Waals surface area contributed by atoms with Crippen molar-refractivity contribution in [3.63, 3.8) is 0 Å². The molecule has 3 nitrogen and oxygen atoms in total. The first kappa shape index (κ1) is 20.6.